The van der Waals surface area contributed by atoms with Crippen molar-refractivity contribution in [1.29, 1.82) is 0 Å². The number of nitrogens with one attached hydrogen (secondary N) is 1. The summed E-state index contributed by atoms with van der Waals surface area (Å²) in [5, 5.41) is 13.8. The lowest BCUT2D eigenvalue weighted by molar-refractivity contribution is -0.385. The molecule has 0 radical (unpaired) electrons. The highest BCUT2D eigenvalue weighted by molar-refractivity contribution is 6.07. The highest BCUT2D eigenvalue weighted by Crippen LogP contribution is 2.23. The van der Waals surface area contributed by atoms with Gasteiger partial charge >= 0.3 is 0 Å². The third-order valence-electron chi connectivity index (χ3n) is 4.44. The maximum Gasteiger partial charge on any atom is 0.282 e. The number of nitrogens with zero attached hydrogens (tertiary/aromatic N) is 1. The Hall–Kier alpha value is -4.00. The molecule has 7 nitrogen and oxygen atoms in total. The predicted molar refractivity (Wildman–Crippen MR) is 113 cm³/mol. The van der Waals surface area contributed by atoms with Crippen LogP contribution in [0.1, 0.15) is 34.1 Å². The van der Waals surface area contributed by atoms with Gasteiger partial charge in [-0.2, -0.15) is 0 Å². The summed E-state index contributed by atoms with van der Waals surface area (Å²) in [6.07, 6.45) is -0.200. The quantitative estimate of drug-likeness (QED) is 0.327. The zero-order chi connectivity index (χ0) is 21.5. The number of ketones is 1. The summed E-state index contributed by atoms with van der Waals surface area (Å²) in [7, 11) is 0. The molecule has 0 aliphatic rings. The highest BCUT2D eigenvalue weighted by atomic mass is 16.6. The Labute approximate surface area is 173 Å². The van der Waals surface area contributed by atoms with E-state index in [9.17, 15) is 19.7 Å². The van der Waals surface area contributed by atoms with Crippen molar-refractivity contribution in [3.05, 3.63) is 100 Å². The maximum atomic E-state index is 12.7. The van der Waals surface area contributed by atoms with Gasteiger partial charge in [0, 0.05) is 23.4 Å². The van der Waals surface area contributed by atoms with Crippen LogP contribution in [0.3, 0.4) is 0 Å². The minimum atomic E-state index is -0.673. The number of rotatable bonds is 8. The number of hydrogen-bond donors (Lipinski definition) is 1. The van der Waals surface area contributed by atoms with Gasteiger partial charge in [0.05, 0.1) is 4.92 Å². The van der Waals surface area contributed by atoms with Crippen molar-refractivity contribution in [3.8, 4) is 5.75 Å². The maximum absolute atomic E-state index is 12.7. The second-order valence-corrected chi connectivity index (χ2v) is 6.50. The van der Waals surface area contributed by atoms with Gasteiger partial charge in [-0.1, -0.05) is 55.5 Å². The van der Waals surface area contributed by atoms with Crippen molar-refractivity contribution >= 4 is 23.1 Å². The van der Waals surface area contributed by atoms with E-state index in [-0.39, 0.29) is 17.0 Å². The molecule has 1 N–H and O–H groups in total. The molecule has 152 valence electrons. The van der Waals surface area contributed by atoms with Crippen LogP contribution in [0.25, 0.3) is 0 Å². The number of benzene rings is 3. The van der Waals surface area contributed by atoms with E-state index in [2.05, 4.69) is 5.32 Å². The number of Topliss-reactive ketones (excluding diaryl/α,β-unsaturated/α-hetero) is 1. The number of para-hydroxylation sites is 1. The first kappa shape index (κ1) is 20.7. The molecule has 0 aromatic heterocycles. The molecule has 0 aliphatic carbocycles. The summed E-state index contributed by atoms with van der Waals surface area (Å²) >= 11 is 0. The van der Waals surface area contributed by atoms with E-state index < -0.39 is 16.9 Å². The van der Waals surface area contributed by atoms with Crippen LogP contribution in [0.4, 0.5) is 11.4 Å². The molecule has 3 aromatic rings. The monoisotopic (exact) mass is 404 g/mol. The van der Waals surface area contributed by atoms with E-state index >= 15 is 0 Å². The molecule has 0 bridgehead atoms. The van der Waals surface area contributed by atoms with Gasteiger partial charge in [0.1, 0.15) is 11.3 Å². The number of hydrogen-bond acceptors (Lipinski definition) is 5. The standard InChI is InChI=1S/C23H20N2O5/c1-2-21(22(26)16-9-4-3-5-10-16)30-18-12-8-11-17(15-18)24-23(27)19-13-6-7-14-20(19)25(28)29/h3-15,21H,2H2,1H3,(H,24,27)/t21-/m0/s1. The Kier molecular flexibility index (Phi) is 6.54. The average molecular weight is 404 g/mol. The SMILES string of the molecule is CC[C@H](Oc1cccc(NC(=O)c2ccccc2[N+](=O)[O-])c1)C(=O)c1ccccc1. The molecule has 3 aromatic carbocycles. The van der Waals surface area contributed by atoms with Gasteiger partial charge in [0.15, 0.2) is 6.10 Å². The summed E-state index contributed by atoms with van der Waals surface area (Å²) < 4.78 is 5.86. The van der Waals surface area contributed by atoms with Crippen molar-refractivity contribution in [3.63, 3.8) is 0 Å². The smallest absolute Gasteiger partial charge is 0.282 e. The van der Waals surface area contributed by atoms with Crippen molar-refractivity contribution in [2.45, 2.75) is 19.4 Å². The molecule has 0 saturated heterocycles. The highest BCUT2D eigenvalue weighted by Gasteiger charge is 2.21. The minimum absolute atomic E-state index is 0.0421. The van der Waals surface area contributed by atoms with Crippen LogP contribution in [0.2, 0.25) is 0 Å². The van der Waals surface area contributed by atoms with Crippen molar-refractivity contribution < 1.29 is 19.2 Å². The Morgan fingerprint density at radius 3 is 2.40 bits per heavy atom. The van der Waals surface area contributed by atoms with Crippen LogP contribution < -0.4 is 10.1 Å². The van der Waals surface area contributed by atoms with Gasteiger partial charge in [-0.05, 0) is 24.6 Å². The van der Waals surface area contributed by atoms with Gasteiger partial charge in [-0.15, -0.1) is 0 Å². The molecule has 1 atom stereocenters. The summed E-state index contributed by atoms with van der Waals surface area (Å²) in [5.74, 6) is -0.328. The van der Waals surface area contributed by atoms with E-state index in [1.807, 2.05) is 13.0 Å². The lowest BCUT2D eigenvalue weighted by atomic mass is 10.0. The molecular weight excluding hydrogens is 384 g/mol. The summed E-state index contributed by atoms with van der Waals surface area (Å²) in [6, 6.07) is 21.2. The van der Waals surface area contributed by atoms with Crippen LogP contribution in [-0.4, -0.2) is 22.7 Å². The van der Waals surface area contributed by atoms with Gasteiger partial charge < -0.3 is 10.1 Å². The van der Waals surface area contributed by atoms with Crippen molar-refractivity contribution in [2.75, 3.05) is 5.32 Å². The summed E-state index contributed by atoms with van der Waals surface area (Å²) in [5.41, 5.74) is 0.643. The van der Waals surface area contributed by atoms with Crippen molar-refractivity contribution in [2.24, 2.45) is 0 Å². The van der Waals surface area contributed by atoms with Gasteiger partial charge in [-0.25, -0.2) is 0 Å². The normalized spacial score (nSPS) is 11.4. The number of anilines is 1. The second-order valence-electron chi connectivity index (χ2n) is 6.50. The van der Waals surface area contributed by atoms with E-state index in [1.54, 1.807) is 54.6 Å². The van der Waals surface area contributed by atoms with E-state index in [1.165, 1.54) is 18.2 Å². The second kappa shape index (κ2) is 9.47. The molecule has 0 heterocycles. The Balaban J connectivity index is 1.75. The lowest BCUT2D eigenvalue weighted by Crippen LogP contribution is -2.26. The molecule has 0 unspecified atom stereocenters. The predicted octanol–water partition coefficient (Wildman–Crippen LogP) is 4.89. The number of ether oxygens (including phenoxy) is 1. The average Bonchev–Trinajstić information content (AvgIpc) is 2.77. The molecule has 0 saturated carbocycles. The first-order valence-corrected chi connectivity index (χ1v) is 9.40. The molecular formula is C23H20N2O5. The summed E-state index contributed by atoms with van der Waals surface area (Å²) in [4.78, 5) is 35.7. The third kappa shape index (κ3) is 4.88. The number of carbonyl (C=O) groups is 2. The van der Waals surface area contributed by atoms with Gasteiger partial charge in [0.25, 0.3) is 11.6 Å². The Morgan fingerprint density at radius 1 is 1.00 bits per heavy atom. The first-order valence-electron chi connectivity index (χ1n) is 9.40. The fourth-order valence-electron chi connectivity index (χ4n) is 2.95. The summed E-state index contributed by atoms with van der Waals surface area (Å²) in [6.45, 7) is 1.85. The zero-order valence-electron chi connectivity index (χ0n) is 16.3. The molecule has 0 fully saturated rings. The van der Waals surface area contributed by atoms with E-state index in [0.29, 0.717) is 23.4 Å². The Bertz CT molecular complexity index is 1070. The number of carbonyl (C=O) groups excluding carboxylic acids is 2. The minimum Gasteiger partial charge on any atom is -0.482 e. The van der Waals surface area contributed by atoms with Crippen LogP contribution in [0.5, 0.6) is 5.75 Å². The molecule has 1 amide bonds. The molecule has 3 rings (SSSR count). The lowest BCUT2D eigenvalue weighted by Gasteiger charge is -2.17. The molecule has 0 aliphatic heterocycles. The number of nitro groups is 1. The van der Waals surface area contributed by atoms with Gasteiger partial charge in [-0.3, -0.25) is 19.7 Å². The fourth-order valence-corrected chi connectivity index (χ4v) is 2.95. The van der Waals surface area contributed by atoms with E-state index in [0.717, 1.165) is 0 Å². The van der Waals surface area contributed by atoms with Crippen LogP contribution in [0.15, 0.2) is 78.9 Å². The van der Waals surface area contributed by atoms with Crippen LogP contribution in [-0.2, 0) is 0 Å². The van der Waals surface area contributed by atoms with Gasteiger partial charge in [0.2, 0.25) is 5.78 Å². The topological polar surface area (TPSA) is 98.5 Å². The van der Waals surface area contributed by atoms with E-state index in [4.69, 9.17) is 4.74 Å². The number of amides is 1. The largest absolute Gasteiger partial charge is 0.482 e. The molecule has 7 heteroatoms. The third-order valence-corrected chi connectivity index (χ3v) is 4.44. The number of nitro benzene ring substituents is 1. The molecule has 0 spiro atoms. The Morgan fingerprint density at radius 2 is 1.70 bits per heavy atom. The molecule has 30 heavy (non-hydrogen) atoms. The zero-order valence-corrected chi connectivity index (χ0v) is 16.3. The van der Waals surface area contributed by atoms with Crippen molar-refractivity contribution in [1.82, 2.24) is 0 Å². The van der Waals surface area contributed by atoms with Crippen LogP contribution in [0, 0.1) is 10.1 Å². The fraction of sp³-hybridized carbons (Fsp3) is 0.130. The first-order chi connectivity index (χ1) is 14.5. The van der Waals surface area contributed by atoms with Crippen LogP contribution >= 0.6 is 0 Å².